The second kappa shape index (κ2) is 8.06. The molecule has 1 atom stereocenters. The fraction of sp³-hybridized carbons (Fsp3) is 0.467. The summed E-state index contributed by atoms with van der Waals surface area (Å²) >= 11 is 5.78. The molecule has 1 aliphatic heterocycles. The molecule has 102 valence electrons. The monoisotopic (exact) mass is 279 g/mol. The summed E-state index contributed by atoms with van der Waals surface area (Å²) in [5, 5.41) is 3.97. The minimum Gasteiger partial charge on any atom is -0.481 e. The van der Waals surface area contributed by atoms with Gasteiger partial charge in [0.25, 0.3) is 0 Å². The lowest BCUT2D eigenvalue weighted by Crippen LogP contribution is -2.26. The molecule has 2 rings (SSSR count). The van der Waals surface area contributed by atoms with Crippen molar-refractivity contribution in [2.75, 3.05) is 26.3 Å². The SMILES string of the molecule is Clc1ccc(OCC#CCNC[C@H]2CCCO2)cc1. The van der Waals surface area contributed by atoms with E-state index in [0.29, 0.717) is 24.3 Å². The second-order valence-corrected chi connectivity index (χ2v) is 4.80. The molecular formula is C15H18ClNO2. The van der Waals surface area contributed by atoms with Gasteiger partial charge in [-0.3, -0.25) is 0 Å². The minimum absolute atomic E-state index is 0.368. The lowest BCUT2D eigenvalue weighted by atomic mass is 10.2. The fourth-order valence-corrected chi connectivity index (χ4v) is 1.99. The van der Waals surface area contributed by atoms with Crippen LogP contribution in [0.3, 0.4) is 0 Å². The van der Waals surface area contributed by atoms with Crippen molar-refractivity contribution in [3.05, 3.63) is 29.3 Å². The first-order valence-corrected chi connectivity index (χ1v) is 6.89. The maximum Gasteiger partial charge on any atom is 0.149 e. The Morgan fingerprint density at radius 3 is 2.89 bits per heavy atom. The van der Waals surface area contributed by atoms with E-state index in [4.69, 9.17) is 21.1 Å². The van der Waals surface area contributed by atoms with Gasteiger partial charge in [-0.2, -0.15) is 0 Å². The number of ether oxygens (including phenoxy) is 2. The molecule has 1 aromatic carbocycles. The van der Waals surface area contributed by atoms with Gasteiger partial charge in [-0.15, -0.1) is 0 Å². The first-order valence-electron chi connectivity index (χ1n) is 6.51. The molecule has 0 bridgehead atoms. The number of halogens is 1. The van der Waals surface area contributed by atoms with Gasteiger partial charge in [0.1, 0.15) is 12.4 Å². The van der Waals surface area contributed by atoms with E-state index in [-0.39, 0.29) is 0 Å². The van der Waals surface area contributed by atoms with Crippen LogP contribution in [0.25, 0.3) is 0 Å². The number of hydrogen-bond donors (Lipinski definition) is 1. The highest BCUT2D eigenvalue weighted by Crippen LogP contribution is 2.15. The molecule has 0 amide bonds. The summed E-state index contributed by atoms with van der Waals surface area (Å²) in [6.45, 7) is 2.84. The van der Waals surface area contributed by atoms with Gasteiger partial charge in [0.2, 0.25) is 0 Å². The largest absolute Gasteiger partial charge is 0.481 e. The lowest BCUT2D eigenvalue weighted by Gasteiger charge is -2.07. The maximum atomic E-state index is 5.78. The van der Waals surface area contributed by atoms with Crippen LogP contribution in [0.1, 0.15) is 12.8 Å². The summed E-state index contributed by atoms with van der Waals surface area (Å²) in [5.74, 6) is 6.77. The van der Waals surface area contributed by atoms with Crippen LogP contribution in [0.15, 0.2) is 24.3 Å². The highest BCUT2D eigenvalue weighted by molar-refractivity contribution is 6.30. The molecule has 4 heteroatoms. The topological polar surface area (TPSA) is 30.5 Å². The Morgan fingerprint density at radius 2 is 2.16 bits per heavy atom. The molecule has 0 aromatic heterocycles. The van der Waals surface area contributed by atoms with Crippen LogP contribution in [0.5, 0.6) is 5.75 Å². The van der Waals surface area contributed by atoms with Gasteiger partial charge in [-0.25, -0.2) is 0 Å². The highest BCUT2D eigenvalue weighted by atomic mass is 35.5. The first kappa shape index (κ1) is 14.2. The van der Waals surface area contributed by atoms with Crippen molar-refractivity contribution in [2.24, 2.45) is 0 Å². The van der Waals surface area contributed by atoms with E-state index in [1.165, 1.54) is 6.42 Å². The second-order valence-electron chi connectivity index (χ2n) is 4.36. The number of nitrogens with one attached hydrogen (secondary N) is 1. The summed E-state index contributed by atoms with van der Waals surface area (Å²) in [6.07, 6.45) is 2.69. The summed E-state index contributed by atoms with van der Waals surface area (Å²) in [4.78, 5) is 0. The van der Waals surface area contributed by atoms with E-state index in [1.54, 1.807) is 12.1 Å². The molecule has 3 nitrogen and oxygen atoms in total. The summed E-state index contributed by atoms with van der Waals surface area (Å²) < 4.78 is 11.0. The van der Waals surface area contributed by atoms with Crippen molar-refractivity contribution < 1.29 is 9.47 Å². The van der Waals surface area contributed by atoms with Gasteiger partial charge in [-0.1, -0.05) is 23.4 Å². The van der Waals surface area contributed by atoms with Crippen molar-refractivity contribution in [1.82, 2.24) is 5.32 Å². The third kappa shape index (κ3) is 5.52. The molecule has 1 aliphatic rings. The van der Waals surface area contributed by atoms with Gasteiger partial charge in [0.05, 0.1) is 12.6 Å². The van der Waals surface area contributed by atoms with E-state index < -0.39 is 0 Å². The van der Waals surface area contributed by atoms with Gasteiger partial charge in [0.15, 0.2) is 0 Å². The van der Waals surface area contributed by atoms with Gasteiger partial charge in [0, 0.05) is 18.2 Å². The molecule has 1 saturated heterocycles. The van der Waals surface area contributed by atoms with Crippen molar-refractivity contribution in [1.29, 1.82) is 0 Å². The third-order valence-corrected chi connectivity index (χ3v) is 3.11. The van der Waals surface area contributed by atoms with Crippen molar-refractivity contribution in [2.45, 2.75) is 18.9 Å². The predicted molar refractivity (Wildman–Crippen MR) is 76.6 cm³/mol. The lowest BCUT2D eigenvalue weighted by molar-refractivity contribution is 0.111. The molecular weight excluding hydrogens is 262 g/mol. The van der Waals surface area contributed by atoms with E-state index in [9.17, 15) is 0 Å². The standard InChI is InChI=1S/C15H18ClNO2/c16-13-5-7-14(8-6-13)18-10-2-1-9-17-12-15-4-3-11-19-15/h5-8,15,17H,3-4,9-12H2/t15-/m1/s1. The van der Waals surface area contributed by atoms with Crippen molar-refractivity contribution >= 4 is 11.6 Å². The molecule has 1 heterocycles. The van der Waals surface area contributed by atoms with E-state index in [1.807, 2.05) is 12.1 Å². The van der Waals surface area contributed by atoms with E-state index >= 15 is 0 Å². The number of rotatable bonds is 5. The maximum absolute atomic E-state index is 5.78. The zero-order chi connectivity index (χ0) is 13.3. The molecule has 0 radical (unpaired) electrons. The molecule has 0 spiro atoms. The molecule has 1 aromatic rings. The smallest absolute Gasteiger partial charge is 0.149 e. The fourth-order valence-electron chi connectivity index (χ4n) is 1.86. The molecule has 0 saturated carbocycles. The molecule has 19 heavy (non-hydrogen) atoms. The first-order chi connectivity index (χ1) is 9.34. The van der Waals surface area contributed by atoms with E-state index in [2.05, 4.69) is 17.2 Å². The Hall–Kier alpha value is -1.21. The average Bonchev–Trinajstić information content (AvgIpc) is 2.93. The molecule has 1 N–H and O–H groups in total. The Labute approximate surface area is 119 Å². The normalized spacial score (nSPS) is 17.8. The van der Waals surface area contributed by atoms with Crippen molar-refractivity contribution in [3.8, 4) is 17.6 Å². The minimum atomic E-state index is 0.368. The molecule has 0 aliphatic carbocycles. The Morgan fingerprint density at radius 1 is 1.32 bits per heavy atom. The highest BCUT2D eigenvalue weighted by Gasteiger charge is 2.13. The zero-order valence-corrected chi connectivity index (χ0v) is 11.6. The predicted octanol–water partition coefficient (Wildman–Crippen LogP) is 2.49. The van der Waals surface area contributed by atoms with Crippen LogP contribution >= 0.6 is 11.6 Å². The molecule has 1 fully saturated rings. The quantitative estimate of drug-likeness (QED) is 0.664. The van der Waals surface area contributed by atoms with Crippen LogP contribution in [-0.4, -0.2) is 32.4 Å². The molecule has 0 unspecified atom stereocenters. The summed E-state index contributed by atoms with van der Waals surface area (Å²) in [7, 11) is 0. The van der Waals surface area contributed by atoms with Crippen LogP contribution in [-0.2, 0) is 4.74 Å². The average molecular weight is 280 g/mol. The van der Waals surface area contributed by atoms with Gasteiger partial charge >= 0.3 is 0 Å². The Kier molecular flexibility index (Phi) is 6.03. The summed E-state index contributed by atoms with van der Waals surface area (Å²) in [5.41, 5.74) is 0. The van der Waals surface area contributed by atoms with Crippen LogP contribution < -0.4 is 10.1 Å². The number of benzene rings is 1. The van der Waals surface area contributed by atoms with E-state index in [0.717, 1.165) is 25.3 Å². The van der Waals surface area contributed by atoms with Crippen LogP contribution in [0, 0.1) is 11.8 Å². The van der Waals surface area contributed by atoms with Crippen LogP contribution in [0.2, 0.25) is 5.02 Å². The van der Waals surface area contributed by atoms with Gasteiger partial charge < -0.3 is 14.8 Å². The summed E-state index contributed by atoms with van der Waals surface area (Å²) in [6, 6.07) is 7.26. The number of hydrogen-bond acceptors (Lipinski definition) is 3. The van der Waals surface area contributed by atoms with Gasteiger partial charge in [-0.05, 0) is 37.1 Å². The Bertz CT molecular complexity index is 430. The zero-order valence-electron chi connectivity index (χ0n) is 10.8. The third-order valence-electron chi connectivity index (χ3n) is 2.86. The van der Waals surface area contributed by atoms with Crippen molar-refractivity contribution in [3.63, 3.8) is 0 Å². The van der Waals surface area contributed by atoms with Crippen LogP contribution in [0.4, 0.5) is 0 Å². The Balaban J connectivity index is 1.55.